The molecule has 0 heterocycles. The Hall–Kier alpha value is -2.69. The number of unbranched alkanes of at least 4 members (excludes halogenated alkanes) is 3. The van der Waals surface area contributed by atoms with Gasteiger partial charge in [-0.3, -0.25) is 4.79 Å². The summed E-state index contributed by atoms with van der Waals surface area (Å²) in [5.41, 5.74) is 1.58. The highest BCUT2D eigenvalue weighted by molar-refractivity contribution is 5.93. The number of carbonyl (C=O) groups is 1. The molecule has 2 rings (SSSR count). The summed E-state index contributed by atoms with van der Waals surface area (Å²) in [4.78, 5) is 12.2. The number of carbonyl (C=O) groups excluding carboxylic acids is 1. The maximum absolute atomic E-state index is 12.2. The molecule has 5 heteroatoms. The zero-order chi connectivity index (χ0) is 20.2. The monoisotopic (exact) mass is 384 g/mol. The summed E-state index contributed by atoms with van der Waals surface area (Å²) in [5, 5.41) is 6.02. The van der Waals surface area contributed by atoms with Crippen LogP contribution < -0.4 is 20.1 Å². The Morgan fingerprint density at radius 3 is 2.43 bits per heavy atom. The highest BCUT2D eigenvalue weighted by atomic mass is 16.5. The summed E-state index contributed by atoms with van der Waals surface area (Å²) >= 11 is 0. The number of hydrogen-bond donors (Lipinski definition) is 2. The van der Waals surface area contributed by atoms with Crippen molar-refractivity contribution in [3.05, 3.63) is 48.5 Å². The topological polar surface area (TPSA) is 59.6 Å². The molecule has 0 bridgehead atoms. The molecule has 0 aliphatic heterocycles. The lowest BCUT2D eigenvalue weighted by atomic mass is 10.2. The van der Waals surface area contributed by atoms with Gasteiger partial charge in [0.05, 0.1) is 19.3 Å². The summed E-state index contributed by atoms with van der Waals surface area (Å²) in [5.74, 6) is 1.44. The zero-order valence-electron chi connectivity index (χ0n) is 17.2. The van der Waals surface area contributed by atoms with Crippen LogP contribution in [0.4, 0.5) is 11.4 Å². The second-order valence-electron chi connectivity index (χ2n) is 7.03. The van der Waals surface area contributed by atoms with Crippen molar-refractivity contribution in [2.45, 2.75) is 52.6 Å². The van der Waals surface area contributed by atoms with E-state index in [2.05, 4.69) is 17.6 Å². The first kappa shape index (κ1) is 21.6. The predicted molar refractivity (Wildman–Crippen MR) is 115 cm³/mol. The molecule has 1 amide bonds. The molecule has 0 aliphatic carbocycles. The lowest BCUT2D eigenvalue weighted by Gasteiger charge is -2.12. The van der Waals surface area contributed by atoms with Crippen molar-refractivity contribution in [1.82, 2.24) is 0 Å². The van der Waals surface area contributed by atoms with Gasteiger partial charge in [0.25, 0.3) is 0 Å². The molecule has 0 atom stereocenters. The van der Waals surface area contributed by atoms with E-state index in [0.29, 0.717) is 5.69 Å². The summed E-state index contributed by atoms with van der Waals surface area (Å²) in [6, 6.07) is 15.1. The van der Waals surface area contributed by atoms with Crippen molar-refractivity contribution < 1.29 is 14.3 Å². The molecule has 0 fully saturated rings. The fourth-order valence-electron chi connectivity index (χ4n) is 2.72. The molecule has 0 radical (unpaired) electrons. The second-order valence-corrected chi connectivity index (χ2v) is 7.03. The van der Waals surface area contributed by atoms with E-state index < -0.39 is 0 Å². The Morgan fingerprint density at radius 2 is 1.68 bits per heavy atom. The highest BCUT2D eigenvalue weighted by Crippen LogP contribution is 2.19. The van der Waals surface area contributed by atoms with Crippen molar-refractivity contribution in [2.75, 3.05) is 23.8 Å². The summed E-state index contributed by atoms with van der Waals surface area (Å²) in [6.45, 7) is 7.03. The van der Waals surface area contributed by atoms with Gasteiger partial charge in [-0.15, -0.1) is 0 Å². The molecule has 0 aromatic heterocycles. The van der Waals surface area contributed by atoms with E-state index in [1.165, 1.54) is 19.3 Å². The van der Waals surface area contributed by atoms with Crippen molar-refractivity contribution in [1.29, 1.82) is 0 Å². The summed E-state index contributed by atoms with van der Waals surface area (Å²) < 4.78 is 11.4. The quantitative estimate of drug-likeness (QED) is 0.476. The number of ether oxygens (including phenoxy) is 2. The van der Waals surface area contributed by atoms with E-state index in [1.54, 1.807) is 0 Å². The Morgan fingerprint density at radius 1 is 0.964 bits per heavy atom. The molecule has 0 aliphatic rings. The van der Waals surface area contributed by atoms with Gasteiger partial charge in [-0.1, -0.05) is 38.3 Å². The van der Waals surface area contributed by atoms with Crippen LogP contribution in [0.2, 0.25) is 0 Å². The SMILES string of the molecule is CCCCCCOc1cccc(NCC(=O)Nc2cccc(OC(C)C)c2)c1. The standard InChI is InChI=1S/C23H32N2O3/c1-4-5-6-7-14-27-21-12-8-10-19(15-21)24-17-23(26)25-20-11-9-13-22(16-20)28-18(2)3/h8-13,15-16,18,24H,4-7,14,17H2,1-3H3,(H,25,26). The molecule has 0 saturated heterocycles. The highest BCUT2D eigenvalue weighted by Gasteiger charge is 2.05. The lowest BCUT2D eigenvalue weighted by molar-refractivity contribution is -0.114. The molecule has 0 spiro atoms. The Balaban J connectivity index is 1.78. The molecule has 0 saturated carbocycles. The smallest absolute Gasteiger partial charge is 0.243 e. The maximum atomic E-state index is 12.2. The van der Waals surface area contributed by atoms with E-state index in [9.17, 15) is 4.79 Å². The number of amides is 1. The molecule has 152 valence electrons. The molecule has 5 nitrogen and oxygen atoms in total. The Bertz CT molecular complexity index is 731. The van der Waals surface area contributed by atoms with Gasteiger partial charge in [0.1, 0.15) is 11.5 Å². The predicted octanol–water partition coefficient (Wildman–Crippen LogP) is 5.48. The fraction of sp³-hybridized carbons (Fsp3) is 0.435. The van der Waals surface area contributed by atoms with Gasteiger partial charge in [0.15, 0.2) is 0 Å². The van der Waals surface area contributed by atoms with Gasteiger partial charge in [0.2, 0.25) is 5.91 Å². The number of nitrogens with one attached hydrogen (secondary N) is 2. The first-order chi connectivity index (χ1) is 13.6. The van der Waals surface area contributed by atoms with E-state index in [-0.39, 0.29) is 18.6 Å². The number of rotatable bonds is 12. The Labute approximate surface area is 168 Å². The fourth-order valence-corrected chi connectivity index (χ4v) is 2.72. The minimum absolute atomic E-state index is 0.0914. The van der Waals surface area contributed by atoms with Gasteiger partial charge < -0.3 is 20.1 Å². The van der Waals surface area contributed by atoms with E-state index >= 15 is 0 Å². The van der Waals surface area contributed by atoms with Crippen LogP contribution in [0.1, 0.15) is 46.5 Å². The van der Waals surface area contributed by atoms with Crippen molar-refractivity contribution in [3.8, 4) is 11.5 Å². The number of hydrogen-bond acceptors (Lipinski definition) is 4. The first-order valence-corrected chi connectivity index (χ1v) is 10.1. The summed E-state index contributed by atoms with van der Waals surface area (Å²) in [7, 11) is 0. The van der Waals surface area contributed by atoms with Crippen LogP contribution in [0.3, 0.4) is 0 Å². The van der Waals surface area contributed by atoms with Gasteiger partial charge in [0, 0.05) is 23.5 Å². The minimum atomic E-state index is -0.118. The second kappa shape index (κ2) is 11.9. The van der Waals surface area contributed by atoms with Gasteiger partial charge in [-0.2, -0.15) is 0 Å². The van der Waals surface area contributed by atoms with Crippen LogP contribution in [0.15, 0.2) is 48.5 Å². The van der Waals surface area contributed by atoms with Gasteiger partial charge in [-0.25, -0.2) is 0 Å². The number of anilines is 2. The van der Waals surface area contributed by atoms with Crippen LogP contribution in [-0.4, -0.2) is 25.2 Å². The molecular weight excluding hydrogens is 352 g/mol. The molecule has 0 unspecified atom stereocenters. The summed E-state index contributed by atoms with van der Waals surface area (Å²) in [6.07, 6.45) is 4.81. The van der Waals surface area contributed by atoms with Crippen LogP contribution in [0.25, 0.3) is 0 Å². The van der Waals surface area contributed by atoms with Crippen LogP contribution in [0, 0.1) is 0 Å². The average molecular weight is 385 g/mol. The molecule has 2 aromatic carbocycles. The van der Waals surface area contributed by atoms with Crippen LogP contribution in [0.5, 0.6) is 11.5 Å². The zero-order valence-corrected chi connectivity index (χ0v) is 17.2. The first-order valence-electron chi connectivity index (χ1n) is 10.1. The Kier molecular flexibility index (Phi) is 9.19. The van der Waals surface area contributed by atoms with Crippen molar-refractivity contribution in [3.63, 3.8) is 0 Å². The third-order valence-electron chi connectivity index (χ3n) is 4.04. The van der Waals surface area contributed by atoms with Gasteiger partial charge in [-0.05, 0) is 44.5 Å². The maximum Gasteiger partial charge on any atom is 0.243 e. The lowest BCUT2D eigenvalue weighted by Crippen LogP contribution is -2.21. The van der Waals surface area contributed by atoms with Crippen molar-refractivity contribution in [2.24, 2.45) is 0 Å². The van der Waals surface area contributed by atoms with Gasteiger partial charge >= 0.3 is 0 Å². The molecule has 2 aromatic rings. The minimum Gasteiger partial charge on any atom is -0.494 e. The van der Waals surface area contributed by atoms with E-state index in [0.717, 1.165) is 30.2 Å². The molecule has 2 N–H and O–H groups in total. The largest absolute Gasteiger partial charge is 0.494 e. The van der Waals surface area contributed by atoms with Crippen molar-refractivity contribution >= 4 is 17.3 Å². The van der Waals surface area contributed by atoms with E-state index in [4.69, 9.17) is 9.47 Å². The molecule has 28 heavy (non-hydrogen) atoms. The normalized spacial score (nSPS) is 10.6. The van der Waals surface area contributed by atoms with Crippen LogP contribution >= 0.6 is 0 Å². The third-order valence-corrected chi connectivity index (χ3v) is 4.04. The van der Waals surface area contributed by atoms with E-state index in [1.807, 2.05) is 62.4 Å². The van der Waals surface area contributed by atoms with Crippen LogP contribution in [-0.2, 0) is 4.79 Å². The molecular formula is C23H32N2O3. The number of benzene rings is 2. The average Bonchev–Trinajstić information content (AvgIpc) is 2.66. The third kappa shape index (κ3) is 8.33.